The van der Waals surface area contributed by atoms with Gasteiger partial charge in [0.25, 0.3) is 0 Å². The van der Waals surface area contributed by atoms with Crippen LogP contribution in [-0.4, -0.2) is 44.4 Å². The van der Waals surface area contributed by atoms with Gasteiger partial charge in [-0.1, -0.05) is 6.07 Å². The molecule has 5 aromatic rings. The smallest absolute Gasteiger partial charge is 0.182 e. The largest absolute Gasteiger partial charge is 0.360 e. The van der Waals surface area contributed by atoms with Crippen LogP contribution in [0.4, 0.5) is 10.2 Å². The monoisotopic (exact) mass is 451 g/mol. The normalized spacial score (nSPS) is 13.0. The molecule has 3 aromatic heterocycles. The Kier molecular flexibility index (Phi) is 4.63. The fraction of sp³-hybridized carbons (Fsp3) is 0.143. The van der Waals surface area contributed by atoms with Crippen molar-refractivity contribution >= 4 is 37.7 Å². The summed E-state index contributed by atoms with van der Waals surface area (Å²) in [6.45, 7) is 1.91. The first-order valence-electron chi connectivity index (χ1n) is 9.70. The van der Waals surface area contributed by atoms with E-state index in [0.29, 0.717) is 33.9 Å². The average Bonchev–Trinajstić information content (AvgIpc) is 3.38. The first-order chi connectivity index (χ1) is 15.3. The summed E-state index contributed by atoms with van der Waals surface area (Å²) in [5, 5.41) is 8.75. The summed E-state index contributed by atoms with van der Waals surface area (Å²) in [6.07, 6.45) is 4.10. The summed E-state index contributed by atoms with van der Waals surface area (Å²) in [5.41, 5.74) is 2.88. The van der Waals surface area contributed by atoms with Crippen LogP contribution in [0.3, 0.4) is 0 Å². The number of halogens is 1. The highest BCUT2D eigenvalue weighted by Gasteiger charge is 2.20. The van der Waals surface area contributed by atoms with Crippen molar-refractivity contribution in [1.82, 2.24) is 29.7 Å². The van der Waals surface area contributed by atoms with Crippen LogP contribution in [0.15, 0.2) is 60.0 Å². The summed E-state index contributed by atoms with van der Waals surface area (Å²) < 4.78 is 39.7. The Labute approximate surface area is 182 Å². The molecule has 0 spiro atoms. The molecular weight excluding hydrogens is 433 g/mol. The van der Waals surface area contributed by atoms with Crippen molar-refractivity contribution in [2.24, 2.45) is 0 Å². The SMILES string of the molecule is CC(Nc1ncnc2nc[nH]c12)c1nn(-c2cccc(S(C)(=O)=O)c2)c2cc(F)ccc12. The molecule has 1 unspecified atom stereocenters. The maximum Gasteiger partial charge on any atom is 0.182 e. The van der Waals surface area contributed by atoms with E-state index in [1.165, 1.54) is 36.9 Å². The van der Waals surface area contributed by atoms with E-state index in [4.69, 9.17) is 5.10 Å². The minimum absolute atomic E-state index is 0.158. The molecule has 0 aliphatic carbocycles. The number of hydrogen-bond acceptors (Lipinski definition) is 7. The van der Waals surface area contributed by atoms with Gasteiger partial charge in [-0.25, -0.2) is 32.4 Å². The molecule has 0 radical (unpaired) electrons. The maximum atomic E-state index is 14.1. The molecule has 2 N–H and O–H groups in total. The van der Waals surface area contributed by atoms with Gasteiger partial charge in [0.05, 0.1) is 34.2 Å². The van der Waals surface area contributed by atoms with Crippen LogP contribution in [-0.2, 0) is 9.84 Å². The van der Waals surface area contributed by atoms with E-state index < -0.39 is 15.7 Å². The number of benzene rings is 2. The van der Waals surface area contributed by atoms with Gasteiger partial charge in [0, 0.05) is 17.7 Å². The minimum Gasteiger partial charge on any atom is -0.360 e. The van der Waals surface area contributed by atoms with Gasteiger partial charge < -0.3 is 10.3 Å². The summed E-state index contributed by atoms with van der Waals surface area (Å²) in [4.78, 5) is 15.7. The van der Waals surface area contributed by atoms with E-state index >= 15 is 0 Å². The third kappa shape index (κ3) is 3.46. The van der Waals surface area contributed by atoms with E-state index in [-0.39, 0.29) is 10.9 Å². The molecule has 5 rings (SSSR count). The number of H-pyrrole nitrogens is 1. The van der Waals surface area contributed by atoms with E-state index in [1.54, 1.807) is 22.9 Å². The number of sulfone groups is 1. The van der Waals surface area contributed by atoms with Crippen molar-refractivity contribution in [3.05, 3.63) is 66.6 Å². The van der Waals surface area contributed by atoms with Gasteiger partial charge in [0.15, 0.2) is 21.3 Å². The zero-order chi connectivity index (χ0) is 22.5. The molecule has 11 heteroatoms. The molecule has 32 heavy (non-hydrogen) atoms. The molecule has 162 valence electrons. The van der Waals surface area contributed by atoms with Crippen LogP contribution in [0.5, 0.6) is 0 Å². The number of nitrogens with one attached hydrogen (secondary N) is 2. The number of anilines is 1. The third-order valence-corrected chi connectivity index (χ3v) is 6.26. The Bertz CT molecular complexity index is 1580. The number of aromatic amines is 1. The summed E-state index contributed by atoms with van der Waals surface area (Å²) in [6, 6.07) is 10.5. The predicted octanol–water partition coefficient (Wildman–Crippen LogP) is 3.41. The second-order valence-corrected chi connectivity index (χ2v) is 9.43. The lowest BCUT2D eigenvalue weighted by molar-refractivity contribution is 0.601. The van der Waals surface area contributed by atoms with Gasteiger partial charge in [-0.3, -0.25) is 0 Å². The topological polar surface area (TPSA) is 118 Å². The van der Waals surface area contributed by atoms with Crippen molar-refractivity contribution in [3.63, 3.8) is 0 Å². The van der Waals surface area contributed by atoms with Crippen molar-refractivity contribution in [2.45, 2.75) is 17.9 Å². The number of imidazole rings is 1. The number of rotatable bonds is 5. The highest BCUT2D eigenvalue weighted by atomic mass is 32.2. The lowest BCUT2D eigenvalue weighted by Crippen LogP contribution is -2.10. The molecule has 0 aliphatic heterocycles. The minimum atomic E-state index is -3.41. The van der Waals surface area contributed by atoms with Gasteiger partial charge in [-0.05, 0) is 37.3 Å². The first kappa shape index (κ1) is 20.1. The number of nitrogens with zero attached hydrogens (tertiary/aromatic N) is 5. The van der Waals surface area contributed by atoms with Crippen LogP contribution in [0.25, 0.3) is 27.8 Å². The molecule has 1 atom stereocenters. The van der Waals surface area contributed by atoms with Crippen molar-refractivity contribution in [3.8, 4) is 5.69 Å². The number of hydrogen-bond donors (Lipinski definition) is 2. The third-order valence-electron chi connectivity index (χ3n) is 5.15. The first-order valence-corrected chi connectivity index (χ1v) is 11.6. The fourth-order valence-electron chi connectivity index (χ4n) is 3.62. The Morgan fingerprint density at radius 3 is 2.78 bits per heavy atom. The maximum absolute atomic E-state index is 14.1. The molecule has 0 aliphatic rings. The molecule has 3 heterocycles. The van der Waals surface area contributed by atoms with Gasteiger partial charge in [0.2, 0.25) is 0 Å². The van der Waals surface area contributed by atoms with Crippen molar-refractivity contribution < 1.29 is 12.8 Å². The Hall–Kier alpha value is -3.86. The van der Waals surface area contributed by atoms with Crippen molar-refractivity contribution in [1.29, 1.82) is 0 Å². The zero-order valence-electron chi connectivity index (χ0n) is 17.1. The zero-order valence-corrected chi connectivity index (χ0v) is 17.9. The summed E-state index contributed by atoms with van der Waals surface area (Å²) in [5.74, 6) is 0.143. The van der Waals surface area contributed by atoms with Crippen molar-refractivity contribution in [2.75, 3.05) is 11.6 Å². The quantitative estimate of drug-likeness (QED) is 0.420. The number of fused-ring (bicyclic) bond motifs is 2. The molecule has 0 saturated carbocycles. The van der Waals surface area contributed by atoms with Gasteiger partial charge in [-0.2, -0.15) is 5.10 Å². The second-order valence-electron chi connectivity index (χ2n) is 7.42. The van der Waals surface area contributed by atoms with E-state index in [9.17, 15) is 12.8 Å². The van der Waals surface area contributed by atoms with Gasteiger partial charge in [-0.15, -0.1) is 0 Å². The Balaban J connectivity index is 1.63. The Morgan fingerprint density at radius 1 is 1.12 bits per heavy atom. The molecule has 0 bridgehead atoms. The lowest BCUT2D eigenvalue weighted by Gasteiger charge is -2.13. The molecular formula is C21H18FN7O2S. The summed E-state index contributed by atoms with van der Waals surface area (Å²) in [7, 11) is -3.41. The second kappa shape index (κ2) is 7.38. The average molecular weight is 451 g/mol. The molecule has 2 aromatic carbocycles. The predicted molar refractivity (Wildman–Crippen MR) is 118 cm³/mol. The van der Waals surface area contributed by atoms with E-state index in [0.717, 1.165) is 11.6 Å². The van der Waals surface area contributed by atoms with E-state index in [1.807, 2.05) is 6.92 Å². The van der Waals surface area contributed by atoms with E-state index in [2.05, 4.69) is 25.3 Å². The molecule has 0 fully saturated rings. The standard InChI is InChI=1S/C21H18FN7O2S/c1-12(27-21-19-20(24-10-23-19)25-11-26-21)18-16-7-6-13(22)8-17(16)29(28-18)14-4-3-5-15(9-14)32(2,30)31/h3-12H,1-2H3,(H2,23,24,25,26,27). The summed E-state index contributed by atoms with van der Waals surface area (Å²) >= 11 is 0. The van der Waals surface area contributed by atoms with Crippen LogP contribution < -0.4 is 5.32 Å². The van der Waals surface area contributed by atoms with Crippen LogP contribution in [0.2, 0.25) is 0 Å². The highest BCUT2D eigenvalue weighted by molar-refractivity contribution is 7.90. The highest BCUT2D eigenvalue weighted by Crippen LogP contribution is 2.30. The molecule has 9 nitrogen and oxygen atoms in total. The Morgan fingerprint density at radius 2 is 1.97 bits per heavy atom. The molecule has 0 amide bonds. The van der Waals surface area contributed by atoms with Crippen LogP contribution in [0.1, 0.15) is 18.7 Å². The van der Waals surface area contributed by atoms with Crippen LogP contribution in [0, 0.1) is 5.82 Å². The van der Waals surface area contributed by atoms with Gasteiger partial charge in [0.1, 0.15) is 17.7 Å². The fourth-order valence-corrected chi connectivity index (χ4v) is 4.28. The van der Waals surface area contributed by atoms with Gasteiger partial charge >= 0.3 is 0 Å². The number of aromatic nitrogens is 6. The van der Waals surface area contributed by atoms with Crippen LogP contribution >= 0.6 is 0 Å². The molecule has 0 saturated heterocycles. The lowest BCUT2D eigenvalue weighted by atomic mass is 10.1.